The second kappa shape index (κ2) is 10.3. The highest BCUT2D eigenvalue weighted by atomic mass is 15.2. The zero-order valence-corrected chi connectivity index (χ0v) is 23.7. The van der Waals surface area contributed by atoms with E-state index in [2.05, 4.69) is 33.4 Å². The number of hydrogen-bond donors (Lipinski definition) is 4. The molecule has 6 nitrogen and oxygen atoms in total. The maximum atomic E-state index is 5.28. The third kappa shape index (κ3) is 4.45. The van der Waals surface area contributed by atoms with Gasteiger partial charge < -0.3 is 10.6 Å². The standard InChI is InChI=1S/C33H48N6/c1-2-15-33(14-1)16-13-25-24(29-20-37-32(39-29)27-6-4-18-35-27)12-11-23(30(25)33)21-7-9-22(10-8-21)28-19-36-31(38-28)26-5-3-17-34-26/h11-12,21-22,26-27,31-32,34-37H,1-10,13-20H2. The third-order valence-electron chi connectivity index (χ3n) is 11.8. The molecule has 6 heteroatoms. The van der Waals surface area contributed by atoms with Crippen molar-refractivity contribution >= 4 is 11.4 Å². The first-order valence-corrected chi connectivity index (χ1v) is 16.5. The molecule has 4 heterocycles. The maximum absolute atomic E-state index is 5.28. The SMILES string of the molecule is c1cc(C2CCC(C3=NC(C4CCCN4)NC3)CC2)c2c(c1C1=NC(C3CCCN3)NC1)CCC21CCCC1. The van der Waals surface area contributed by atoms with E-state index in [-0.39, 0.29) is 6.17 Å². The number of benzene rings is 1. The lowest BCUT2D eigenvalue weighted by atomic mass is 9.70. The molecule has 1 aromatic carbocycles. The summed E-state index contributed by atoms with van der Waals surface area (Å²) in [5, 5.41) is 14.8. The van der Waals surface area contributed by atoms with E-state index in [0.717, 1.165) is 32.1 Å². The highest BCUT2D eigenvalue weighted by Gasteiger charge is 2.45. The lowest BCUT2D eigenvalue weighted by Gasteiger charge is -2.34. The highest BCUT2D eigenvalue weighted by molar-refractivity contribution is 6.05. The van der Waals surface area contributed by atoms with Crippen LogP contribution in [-0.4, -0.2) is 62.0 Å². The second-order valence-electron chi connectivity index (χ2n) is 13.8. The quantitative estimate of drug-likeness (QED) is 0.460. The van der Waals surface area contributed by atoms with Crippen LogP contribution in [-0.2, 0) is 11.8 Å². The number of hydrogen-bond acceptors (Lipinski definition) is 6. The molecule has 210 valence electrons. The fourth-order valence-electron chi connectivity index (χ4n) is 9.72. The zero-order chi connectivity index (χ0) is 25.8. The van der Waals surface area contributed by atoms with E-state index >= 15 is 0 Å². The lowest BCUT2D eigenvalue weighted by molar-refractivity contribution is 0.379. The summed E-state index contributed by atoms with van der Waals surface area (Å²) in [6.07, 6.45) is 19.2. The fraction of sp³-hybridized carbons (Fsp3) is 0.758. The molecule has 4 unspecified atom stereocenters. The Morgan fingerprint density at radius 3 is 2.08 bits per heavy atom. The van der Waals surface area contributed by atoms with Crippen molar-refractivity contribution in [2.24, 2.45) is 15.9 Å². The molecule has 0 amide bonds. The predicted molar refractivity (Wildman–Crippen MR) is 159 cm³/mol. The van der Waals surface area contributed by atoms with E-state index in [4.69, 9.17) is 9.98 Å². The van der Waals surface area contributed by atoms with Crippen LogP contribution in [0.25, 0.3) is 0 Å². The number of nitrogens with zero attached hydrogens (tertiary/aromatic N) is 2. The summed E-state index contributed by atoms with van der Waals surface area (Å²) < 4.78 is 0. The Bertz CT molecular complexity index is 1130. The van der Waals surface area contributed by atoms with Crippen molar-refractivity contribution in [2.45, 2.75) is 126 Å². The fourth-order valence-corrected chi connectivity index (χ4v) is 9.72. The van der Waals surface area contributed by atoms with Crippen molar-refractivity contribution in [3.05, 3.63) is 34.4 Å². The topological polar surface area (TPSA) is 72.8 Å². The molecule has 1 aromatic rings. The monoisotopic (exact) mass is 528 g/mol. The summed E-state index contributed by atoms with van der Waals surface area (Å²) >= 11 is 0. The maximum Gasteiger partial charge on any atom is 0.116 e. The smallest absolute Gasteiger partial charge is 0.116 e. The third-order valence-corrected chi connectivity index (χ3v) is 11.8. The summed E-state index contributed by atoms with van der Waals surface area (Å²) in [5.41, 5.74) is 9.96. The zero-order valence-electron chi connectivity index (χ0n) is 23.7. The van der Waals surface area contributed by atoms with Gasteiger partial charge in [-0.25, -0.2) is 0 Å². The highest BCUT2D eigenvalue weighted by Crippen LogP contribution is 2.54. The van der Waals surface area contributed by atoms with Crippen LogP contribution >= 0.6 is 0 Å². The first-order valence-electron chi connectivity index (χ1n) is 16.5. The molecule has 0 bridgehead atoms. The molecule has 0 aromatic heterocycles. The van der Waals surface area contributed by atoms with Crippen LogP contribution in [0, 0.1) is 5.92 Å². The molecule has 0 radical (unpaired) electrons. The van der Waals surface area contributed by atoms with Crippen molar-refractivity contribution in [2.75, 3.05) is 26.2 Å². The molecule has 8 rings (SSSR count). The molecule has 4 fully saturated rings. The van der Waals surface area contributed by atoms with Gasteiger partial charge in [-0.2, -0.15) is 0 Å². The van der Waals surface area contributed by atoms with E-state index in [0.29, 0.717) is 29.6 Å². The van der Waals surface area contributed by atoms with Gasteiger partial charge in [0, 0.05) is 36.4 Å². The summed E-state index contributed by atoms with van der Waals surface area (Å²) in [5.74, 6) is 1.41. The van der Waals surface area contributed by atoms with Crippen LogP contribution in [0.15, 0.2) is 22.1 Å². The largest absolute Gasteiger partial charge is 0.311 e. The molecule has 2 saturated heterocycles. The van der Waals surface area contributed by atoms with Crippen LogP contribution in [0.2, 0.25) is 0 Å². The Balaban J connectivity index is 1.04. The van der Waals surface area contributed by atoms with Crippen LogP contribution in [0.5, 0.6) is 0 Å². The van der Waals surface area contributed by atoms with Gasteiger partial charge in [-0.3, -0.25) is 20.6 Å². The Kier molecular flexibility index (Phi) is 6.67. The van der Waals surface area contributed by atoms with Crippen molar-refractivity contribution in [1.82, 2.24) is 21.3 Å². The first kappa shape index (κ1) is 25.1. The van der Waals surface area contributed by atoms with Crippen LogP contribution in [0.3, 0.4) is 0 Å². The Morgan fingerprint density at radius 2 is 1.36 bits per heavy atom. The average Bonchev–Trinajstić information content (AvgIpc) is 3.82. The molecule has 4 N–H and O–H groups in total. The molecular formula is C33H48N6. The minimum Gasteiger partial charge on any atom is -0.311 e. The van der Waals surface area contributed by atoms with Gasteiger partial charge in [0.2, 0.25) is 0 Å². The first-order chi connectivity index (χ1) is 19.3. The van der Waals surface area contributed by atoms with E-state index in [9.17, 15) is 0 Å². The van der Waals surface area contributed by atoms with Gasteiger partial charge in [0.05, 0.1) is 5.71 Å². The van der Waals surface area contributed by atoms with E-state index in [1.54, 1.807) is 16.7 Å². The van der Waals surface area contributed by atoms with Crippen molar-refractivity contribution in [3.63, 3.8) is 0 Å². The molecule has 4 atom stereocenters. The van der Waals surface area contributed by atoms with Crippen molar-refractivity contribution < 1.29 is 0 Å². The summed E-state index contributed by atoms with van der Waals surface area (Å²) in [6, 6.07) is 6.12. The Morgan fingerprint density at radius 1 is 0.667 bits per heavy atom. The minimum absolute atomic E-state index is 0.256. The number of rotatable bonds is 5. The van der Waals surface area contributed by atoms with Gasteiger partial charge in [-0.05, 0) is 124 Å². The van der Waals surface area contributed by atoms with E-state index in [1.807, 2.05) is 0 Å². The molecular weight excluding hydrogens is 480 g/mol. The normalized spacial score (nSPS) is 37.5. The predicted octanol–water partition coefficient (Wildman–Crippen LogP) is 4.31. The number of nitrogens with one attached hydrogen (secondary N) is 4. The van der Waals surface area contributed by atoms with Gasteiger partial charge in [-0.1, -0.05) is 25.0 Å². The van der Waals surface area contributed by atoms with Crippen LogP contribution < -0.4 is 21.3 Å². The molecule has 39 heavy (non-hydrogen) atoms. The minimum atomic E-state index is 0.256. The molecule has 1 spiro atoms. The second-order valence-corrected chi connectivity index (χ2v) is 13.8. The Hall–Kier alpha value is -1.60. The summed E-state index contributed by atoms with van der Waals surface area (Å²) in [7, 11) is 0. The van der Waals surface area contributed by atoms with Crippen LogP contribution in [0.1, 0.15) is 112 Å². The number of aliphatic imine (C=N–C) groups is 2. The van der Waals surface area contributed by atoms with Gasteiger partial charge in [0.15, 0.2) is 0 Å². The lowest BCUT2D eigenvalue weighted by Crippen LogP contribution is -2.41. The van der Waals surface area contributed by atoms with Gasteiger partial charge in [-0.15, -0.1) is 0 Å². The summed E-state index contributed by atoms with van der Waals surface area (Å²) in [6.45, 7) is 4.25. The molecule has 4 aliphatic heterocycles. The van der Waals surface area contributed by atoms with E-state index < -0.39 is 0 Å². The Labute approximate surface area is 234 Å². The number of fused-ring (bicyclic) bond motifs is 2. The molecule has 3 aliphatic carbocycles. The van der Waals surface area contributed by atoms with Gasteiger partial charge >= 0.3 is 0 Å². The molecule has 2 saturated carbocycles. The van der Waals surface area contributed by atoms with E-state index in [1.165, 1.54) is 107 Å². The average molecular weight is 529 g/mol. The molecule has 7 aliphatic rings. The van der Waals surface area contributed by atoms with Gasteiger partial charge in [0.25, 0.3) is 0 Å². The van der Waals surface area contributed by atoms with Gasteiger partial charge in [0.1, 0.15) is 12.3 Å². The van der Waals surface area contributed by atoms with Crippen molar-refractivity contribution in [1.29, 1.82) is 0 Å². The van der Waals surface area contributed by atoms with Crippen LogP contribution in [0.4, 0.5) is 0 Å². The van der Waals surface area contributed by atoms with Crippen molar-refractivity contribution in [3.8, 4) is 0 Å². The summed E-state index contributed by atoms with van der Waals surface area (Å²) in [4.78, 5) is 10.5.